The molecule has 2 atom stereocenters. The number of hydrogen-bond acceptors (Lipinski definition) is 3. The van der Waals surface area contributed by atoms with Gasteiger partial charge in [-0.15, -0.1) is 0 Å². The Morgan fingerprint density at radius 3 is 2.47 bits per heavy atom. The van der Waals surface area contributed by atoms with Crippen LogP contribution in [0.4, 0.5) is 8.78 Å². The fraction of sp³-hybridized carbons (Fsp3) is 0.500. The first-order valence-corrected chi connectivity index (χ1v) is 7.56. The summed E-state index contributed by atoms with van der Waals surface area (Å²) in [6.45, 7) is 3.30. The van der Waals surface area contributed by atoms with E-state index in [9.17, 15) is 17.2 Å². The van der Waals surface area contributed by atoms with Gasteiger partial charge in [-0.3, -0.25) is 0 Å². The van der Waals surface area contributed by atoms with Crippen LogP contribution in [0, 0.1) is 17.6 Å². The van der Waals surface area contributed by atoms with Crippen molar-refractivity contribution in [2.75, 3.05) is 13.1 Å². The molecule has 1 aliphatic heterocycles. The lowest BCUT2D eigenvalue weighted by atomic mass is 9.96. The molecule has 1 aliphatic rings. The van der Waals surface area contributed by atoms with Gasteiger partial charge in [-0.05, 0) is 31.0 Å². The van der Waals surface area contributed by atoms with Crippen molar-refractivity contribution in [2.24, 2.45) is 5.92 Å². The fourth-order valence-corrected chi connectivity index (χ4v) is 3.48. The average Bonchev–Trinajstić information content (AvgIpc) is 2.31. The number of benzene rings is 1. The predicted octanol–water partition coefficient (Wildman–Crippen LogP) is 1.24. The monoisotopic (exact) mass is 290 g/mol. The minimum atomic E-state index is -3.91. The molecule has 7 heteroatoms. The maximum absolute atomic E-state index is 13.1. The Balaban J connectivity index is 2.22. The summed E-state index contributed by atoms with van der Waals surface area (Å²) < 4.78 is 52.8. The molecule has 19 heavy (non-hydrogen) atoms. The number of rotatable bonds is 3. The predicted molar refractivity (Wildman–Crippen MR) is 67.1 cm³/mol. The van der Waals surface area contributed by atoms with E-state index < -0.39 is 21.7 Å². The molecule has 4 nitrogen and oxygen atoms in total. The smallest absolute Gasteiger partial charge is 0.241 e. The third-order valence-corrected chi connectivity index (χ3v) is 4.75. The standard InChI is InChI=1S/C12H16F2N2O2S/c1-8-2-3-15-7-12(8)16-19(17,18)11-5-9(13)4-10(14)6-11/h4-6,8,12,15-16H,2-3,7H2,1H3. The van der Waals surface area contributed by atoms with E-state index in [-0.39, 0.29) is 16.9 Å². The van der Waals surface area contributed by atoms with Crippen LogP contribution >= 0.6 is 0 Å². The second-order valence-corrected chi connectivity index (χ2v) is 6.52. The van der Waals surface area contributed by atoms with Crippen molar-refractivity contribution in [3.05, 3.63) is 29.8 Å². The van der Waals surface area contributed by atoms with Crippen molar-refractivity contribution >= 4 is 10.0 Å². The molecule has 0 aliphatic carbocycles. The van der Waals surface area contributed by atoms with E-state index in [2.05, 4.69) is 10.0 Å². The molecular weight excluding hydrogens is 274 g/mol. The van der Waals surface area contributed by atoms with E-state index in [4.69, 9.17) is 0 Å². The molecule has 1 fully saturated rings. The first-order chi connectivity index (χ1) is 8.88. The third kappa shape index (κ3) is 3.49. The Hall–Kier alpha value is -1.05. The highest BCUT2D eigenvalue weighted by Crippen LogP contribution is 2.17. The molecule has 2 rings (SSSR count). The van der Waals surface area contributed by atoms with E-state index >= 15 is 0 Å². The van der Waals surface area contributed by atoms with Crippen molar-refractivity contribution in [2.45, 2.75) is 24.3 Å². The topological polar surface area (TPSA) is 58.2 Å². The Morgan fingerprint density at radius 2 is 1.89 bits per heavy atom. The van der Waals surface area contributed by atoms with E-state index in [0.717, 1.165) is 25.1 Å². The molecule has 106 valence electrons. The second kappa shape index (κ2) is 5.52. The van der Waals surface area contributed by atoms with Crippen LogP contribution in [0.25, 0.3) is 0 Å². The van der Waals surface area contributed by atoms with E-state index in [0.29, 0.717) is 12.6 Å². The number of sulfonamides is 1. The van der Waals surface area contributed by atoms with Crippen LogP contribution in [0.2, 0.25) is 0 Å². The van der Waals surface area contributed by atoms with Crippen LogP contribution in [0.1, 0.15) is 13.3 Å². The summed E-state index contributed by atoms with van der Waals surface area (Å²) in [5.74, 6) is -1.64. The van der Waals surface area contributed by atoms with Crippen molar-refractivity contribution < 1.29 is 17.2 Å². The third-order valence-electron chi connectivity index (χ3n) is 3.28. The van der Waals surface area contributed by atoms with Gasteiger partial charge in [0.2, 0.25) is 10.0 Å². The summed E-state index contributed by atoms with van der Waals surface area (Å²) in [7, 11) is -3.91. The van der Waals surface area contributed by atoms with Crippen molar-refractivity contribution in [3.63, 3.8) is 0 Å². The van der Waals surface area contributed by atoms with Gasteiger partial charge in [0.25, 0.3) is 0 Å². The summed E-state index contributed by atoms with van der Waals surface area (Å²) in [6.07, 6.45) is 0.852. The Kier molecular flexibility index (Phi) is 4.17. The number of hydrogen-bond donors (Lipinski definition) is 2. The highest BCUT2D eigenvalue weighted by Gasteiger charge is 2.27. The Bertz CT molecular complexity index is 543. The summed E-state index contributed by atoms with van der Waals surface area (Å²) in [5.41, 5.74) is 0. The lowest BCUT2D eigenvalue weighted by molar-refractivity contribution is 0.327. The minimum Gasteiger partial charge on any atom is -0.315 e. The lowest BCUT2D eigenvalue weighted by Crippen LogP contribution is -2.50. The van der Waals surface area contributed by atoms with Crippen LogP contribution in [0.15, 0.2) is 23.1 Å². The van der Waals surface area contributed by atoms with Gasteiger partial charge in [0.1, 0.15) is 11.6 Å². The molecule has 0 spiro atoms. The molecule has 1 aromatic carbocycles. The molecule has 0 radical (unpaired) electrons. The van der Waals surface area contributed by atoms with Gasteiger partial charge in [-0.25, -0.2) is 21.9 Å². The van der Waals surface area contributed by atoms with Gasteiger partial charge in [0.05, 0.1) is 4.90 Å². The molecule has 1 saturated heterocycles. The van der Waals surface area contributed by atoms with Gasteiger partial charge in [0, 0.05) is 18.7 Å². The highest BCUT2D eigenvalue weighted by atomic mass is 32.2. The fourth-order valence-electron chi connectivity index (χ4n) is 2.10. The number of piperidine rings is 1. The number of nitrogens with one attached hydrogen (secondary N) is 2. The van der Waals surface area contributed by atoms with Crippen molar-refractivity contribution in [1.29, 1.82) is 0 Å². The van der Waals surface area contributed by atoms with Gasteiger partial charge in [0.15, 0.2) is 0 Å². The molecule has 0 aromatic heterocycles. The second-order valence-electron chi connectivity index (χ2n) is 4.80. The molecule has 0 saturated carbocycles. The first-order valence-electron chi connectivity index (χ1n) is 6.07. The van der Waals surface area contributed by atoms with Gasteiger partial charge in [-0.1, -0.05) is 6.92 Å². The zero-order valence-corrected chi connectivity index (χ0v) is 11.3. The van der Waals surface area contributed by atoms with E-state index in [1.54, 1.807) is 0 Å². The van der Waals surface area contributed by atoms with Crippen molar-refractivity contribution in [1.82, 2.24) is 10.0 Å². The van der Waals surface area contributed by atoms with Crippen LogP contribution in [0.5, 0.6) is 0 Å². The molecule has 0 amide bonds. The zero-order chi connectivity index (χ0) is 14.0. The van der Waals surface area contributed by atoms with Crippen LogP contribution < -0.4 is 10.0 Å². The molecule has 1 heterocycles. The first kappa shape index (κ1) is 14.4. The van der Waals surface area contributed by atoms with E-state index in [1.807, 2.05) is 6.92 Å². The molecule has 2 N–H and O–H groups in total. The normalized spacial score (nSPS) is 24.4. The quantitative estimate of drug-likeness (QED) is 0.880. The minimum absolute atomic E-state index is 0.175. The molecule has 0 bridgehead atoms. The molecule has 2 unspecified atom stereocenters. The zero-order valence-electron chi connectivity index (χ0n) is 10.5. The summed E-state index contributed by atoms with van der Waals surface area (Å²) in [6, 6.07) is 1.99. The summed E-state index contributed by atoms with van der Waals surface area (Å²) >= 11 is 0. The molecule has 1 aromatic rings. The molecular formula is C12H16F2N2O2S. The Morgan fingerprint density at radius 1 is 1.26 bits per heavy atom. The average molecular weight is 290 g/mol. The summed E-state index contributed by atoms with van der Waals surface area (Å²) in [5, 5.41) is 3.09. The largest absolute Gasteiger partial charge is 0.315 e. The maximum atomic E-state index is 13.1. The lowest BCUT2D eigenvalue weighted by Gasteiger charge is -2.29. The van der Waals surface area contributed by atoms with Gasteiger partial charge < -0.3 is 5.32 Å². The SMILES string of the molecule is CC1CCNCC1NS(=O)(=O)c1cc(F)cc(F)c1. The van der Waals surface area contributed by atoms with E-state index in [1.165, 1.54) is 0 Å². The number of halogens is 2. The maximum Gasteiger partial charge on any atom is 0.241 e. The highest BCUT2D eigenvalue weighted by molar-refractivity contribution is 7.89. The Labute approximate surface area is 111 Å². The van der Waals surface area contributed by atoms with Crippen LogP contribution in [-0.4, -0.2) is 27.5 Å². The summed E-state index contributed by atoms with van der Waals surface area (Å²) in [4.78, 5) is -0.386. The van der Waals surface area contributed by atoms with Crippen molar-refractivity contribution in [3.8, 4) is 0 Å². The van der Waals surface area contributed by atoms with Crippen LogP contribution in [-0.2, 0) is 10.0 Å². The van der Waals surface area contributed by atoms with Gasteiger partial charge in [-0.2, -0.15) is 0 Å². The van der Waals surface area contributed by atoms with Gasteiger partial charge >= 0.3 is 0 Å². The van der Waals surface area contributed by atoms with Crippen LogP contribution in [0.3, 0.4) is 0 Å².